The Morgan fingerprint density at radius 2 is 2.05 bits per heavy atom. The Hall–Kier alpha value is -1.70. The Labute approximate surface area is 128 Å². The Bertz CT molecular complexity index is 585. The van der Waals surface area contributed by atoms with Crippen LogP contribution in [0.3, 0.4) is 0 Å². The fourth-order valence-electron chi connectivity index (χ4n) is 2.91. The minimum absolute atomic E-state index is 0.0337. The summed E-state index contributed by atoms with van der Waals surface area (Å²) in [6, 6.07) is 4.55. The number of non-ortho nitro benzene ring substituents is 1. The summed E-state index contributed by atoms with van der Waals surface area (Å²) >= 11 is 0. The van der Waals surface area contributed by atoms with Gasteiger partial charge in [-0.15, -0.1) is 0 Å². The fourth-order valence-corrected chi connectivity index (χ4v) is 2.91. The Morgan fingerprint density at radius 3 is 2.64 bits per heavy atom. The summed E-state index contributed by atoms with van der Waals surface area (Å²) in [5, 5.41) is 10.9. The van der Waals surface area contributed by atoms with Crippen molar-refractivity contribution in [3.63, 3.8) is 0 Å². The van der Waals surface area contributed by atoms with Gasteiger partial charge >= 0.3 is 0 Å². The minimum atomic E-state index is -0.778. The molecule has 3 rings (SSSR count). The topological polar surface area (TPSA) is 83.4 Å². The molecule has 0 amide bonds. The predicted molar refractivity (Wildman–Crippen MR) is 76.8 cm³/mol. The van der Waals surface area contributed by atoms with Gasteiger partial charge in [0.1, 0.15) is 18.0 Å². The molecule has 2 heterocycles. The zero-order valence-electron chi connectivity index (χ0n) is 12.8. The van der Waals surface area contributed by atoms with E-state index in [4.69, 9.17) is 18.9 Å². The molecule has 22 heavy (non-hydrogen) atoms. The van der Waals surface area contributed by atoms with E-state index in [1.807, 2.05) is 20.8 Å². The first-order chi connectivity index (χ1) is 10.5. The number of nitro benzene ring substituents is 1. The molecule has 7 heteroatoms. The smallest absolute Gasteiger partial charge is 0.270 e. The SMILES string of the molecule is CCOC(OCC)[C@@]1(C)Oc2ccc([N+](=O)[O-])cc2[C@H]2O[C@@H]21. The van der Waals surface area contributed by atoms with Gasteiger partial charge in [-0.3, -0.25) is 10.1 Å². The summed E-state index contributed by atoms with van der Waals surface area (Å²) in [5.74, 6) is 0.580. The van der Waals surface area contributed by atoms with E-state index >= 15 is 0 Å². The van der Waals surface area contributed by atoms with Crippen molar-refractivity contribution in [2.24, 2.45) is 0 Å². The van der Waals surface area contributed by atoms with E-state index in [1.165, 1.54) is 12.1 Å². The number of hydrogen-bond acceptors (Lipinski definition) is 6. The number of hydrogen-bond donors (Lipinski definition) is 0. The van der Waals surface area contributed by atoms with Gasteiger partial charge in [0.25, 0.3) is 5.69 Å². The van der Waals surface area contributed by atoms with Crippen LogP contribution >= 0.6 is 0 Å². The summed E-state index contributed by atoms with van der Waals surface area (Å²) in [4.78, 5) is 10.5. The van der Waals surface area contributed by atoms with Gasteiger partial charge in [0.05, 0.1) is 4.92 Å². The van der Waals surface area contributed by atoms with Crippen molar-refractivity contribution in [2.45, 2.75) is 44.9 Å². The van der Waals surface area contributed by atoms with Gasteiger partial charge in [-0.2, -0.15) is 0 Å². The van der Waals surface area contributed by atoms with Crippen LogP contribution in [0, 0.1) is 10.1 Å². The second-order valence-electron chi connectivity index (χ2n) is 5.49. The van der Waals surface area contributed by atoms with Crippen LogP contribution in [0.2, 0.25) is 0 Å². The van der Waals surface area contributed by atoms with Crippen molar-refractivity contribution in [1.82, 2.24) is 0 Å². The average Bonchev–Trinajstić information content (AvgIpc) is 3.28. The molecule has 0 radical (unpaired) electrons. The highest BCUT2D eigenvalue weighted by Gasteiger charge is 2.63. The van der Waals surface area contributed by atoms with E-state index in [1.54, 1.807) is 6.07 Å². The maximum atomic E-state index is 10.9. The van der Waals surface area contributed by atoms with E-state index < -0.39 is 16.8 Å². The molecule has 2 aliphatic heterocycles. The van der Waals surface area contributed by atoms with Gasteiger partial charge in [-0.05, 0) is 26.8 Å². The van der Waals surface area contributed by atoms with Crippen molar-refractivity contribution in [3.05, 3.63) is 33.9 Å². The zero-order chi connectivity index (χ0) is 15.9. The fraction of sp³-hybridized carbons (Fsp3) is 0.600. The molecule has 3 atom stereocenters. The second-order valence-corrected chi connectivity index (χ2v) is 5.49. The number of nitrogens with zero attached hydrogens (tertiary/aromatic N) is 1. The highest BCUT2D eigenvalue weighted by atomic mass is 16.7. The normalized spacial score (nSPS) is 28.7. The third-order valence-corrected chi connectivity index (χ3v) is 4.00. The molecule has 1 fully saturated rings. The van der Waals surface area contributed by atoms with Crippen molar-refractivity contribution >= 4 is 5.69 Å². The highest BCUT2D eigenvalue weighted by Crippen LogP contribution is 2.55. The largest absolute Gasteiger partial charge is 0.479 e. The highest BCUT2D eigenvalue weighted by molar-refractivity contribution is 5.49. The number of epoxide rings is 1. The van der Waals surface area contributed by atoms with Crippen LogP contribution in [-0.4, -0.2) is 36.1 Å². The number of benzene rings is 1. The predicted octanol–water partition coefficient (Wildman–Crippen LogP) is 2.58. The van der Waals surface area contributed by atoms with Gasteiger partial charge in [0.15, 0.2) is 11.9 Å². The molecule has 0 aliphatic carbocycles. The van der Waals surface area contributed by atoms with Crippen LogP contribution in [-0.2, 0) is 14.2 Å². The van der Waals surface area contributed by atoms with Crippen LogP contribution in [0.15, 0.2) is 18.2 Å². The van der Waals surface area contributed by atoms with Crippen molar-refractivity contribution in [2.75, 3.05) is 13.2 Å². The number of ether oxygens (including phenoxy) is 4. The maximum Gasteiger partial charge on any atom is 0.270 e. The first-order valence-corrected chi connectivity index (χ1v) is 7.37. The Morgan fingerprint density at radius 1 is 1.36 bits per heavy atom. The standard InChI is InChI=1S/C15H19NO6/c1-4-19-14(20-5-2)15(3)13-12(21-13)10-8-9(16(17)18)6-7-11(10)22-15/h6-8,12-14H,4-5H2,1-3H3/t12-,13+,15+/m1/s1. The van der Waals surface area contributed by atoms with Crippen molar-refractivity contribution in [3.8, 4) is 5.75 Å². The molecule has 0 N–H and O–H groups in total. The third kappa shape index (κ3) is 2.35. The second kappa shape index (κ2) is 5.49. The van der Waals surface area contributed by atoms with Crippen molar-refractivity contribution in [1.29, 1.82) is 0 Å². The lowest BCUT2D eigenvalue weighted by Gasteiger charge is -2.38. The molecule has 0 unspecified atom stereocenters. The van der Waals surface area contributed by atoms with Gasteiger partial charge < -0.3 is 18.9 Å². The quantitative estimate of drug-likeness (QED) is 0.347. The molecule has 0 aromatic heterocycles. The lowest BCUT2D eigenvalue weighted by Crippen LogP contribution is -2.54. The van der Waals surface area contributed by atoms with Gasteiger partial charge in [0.2, 0.25) is 0 Å². The number of fused-ring (bicyclic) bond motifs is 3. The third-order valence-electron chi connectivity index (χ3n) is 4.00. The molecule has 120 valence electrons. The molecule has 0 bridgehead atoms. The van der Waals surface area contributed by atoms with Crippen LogP contribution < -0.4 is 4.74 Å². The summed E-state index contributed by atoms with van der Waals surface area (Å²) in [5.41, 5.74) is -0.0328. The van der Waals surface area contributed by atoms with Crippen LogP contribution in [0.25, 0.3) is 0 Å². The van der Waals surface area contributed by atoms with E-state index in [2.05, 4.69) is 0 Å². The van der Waals surface area contributed by atoms with Crippen molar-refractivity contribution < 1.29 is 23.9 Å². The number of rotatable bonds is 6. The van der Waals surface area contributed by atoms with E-state index in [9.17, 15) is 10.1 Å². The Balaban J connectivity index is 1.92. The maximum absolute atomic E-state index is 10.9. The summed E-state index contributed by atoms with van der Waals surface area (Å²) < 4.78 is 23.1. The molecule has 7 nitrogen and oxygen atoms in total. The lowest BCUT2D eigenvalue weighted by atomic mass is 9.91. The van der Waals surface area contributed by atoms with E-state index in [-0.39, 0.29) is 17.9 Å². The summed E-state index contributed by atoms with van der Waals surface area (Å²) in [7, 11) is 0. The first kappa shape index (κ1) is 15.2. The summed E-state index contributed by atoms with van der Waals surface area (Å²) in [6.45, 7) is 6.65. The molecule has 1 saturated heterocycles. The average molecular weight is 309 g/mol. The minimum Gasteiger partial charge on any atom is -0.479 e. The Kier molecular flexibility index (Phi) is 3.80. The van der Waals surface area contributed by atoms with Crippen LogP contribution in [0.5, 0.6) is 5.75 Å². The van der Waals surface area contributed by atoms with Crippen LogP contribution in [0.4, 0.5) is 5.69 Å². The molecule has 2 aliphatic rings. The zero-order valence-corrected chi connectivity index (χ0v) is 12.8. The molecular formula is C15H19NO6. The molecule has 0 spiro atoms. The molecule has 1 aromatic rings. The molecule has 0 saturated carbocycles. The van der Waals surface area contributed by atoms with E-state index in [0.29, 0.717) is 24.5 Å². The number of nitro groups is 1. The molecular weight excluding hydrogens is 290 g/mol. The van der Waals surface area contributed by atoms with Gasteiger partial charge in [-0.25, -0.2) is 0 Å². The monoisotopic (exact) mass is 309 g/mol. The van der Waals surface area contributed by atoms with E-state index in [0.717, 1.165) is 0 Å². The van der Waals surface area contributed by atoms with Crippen LogP contribution in [0.1, 0.15) is 32.4 Å². The van der Waals surface area contributed by atoms with Gasteiger partial charge in [0, 0.05) is 30.9 Å². The summed E-state index contributed by atoms with van der Waals surface area (Å²) in [6.07, 6.45) is -0.997. The first-order valence-electron chi connectivity index (χ1n) is 7.37. The lowest BCUT2D eigenvalue weighted by molar-refractivity contribution is -0.385. The van der Waals surface area contributed by atoms with Gasteiger partial charge in [-0.1, -0.05) is 0 Å². The molecule has 1 aromatic carbocycles.